The number of hydrogen-bond acceptors (Lipinski definition) is 7. The number of carbonyl (C=O) groups excluding carboxylic acids is 3. The quantitative estimate of drug-likeness (QED) is 0.358. The predicted molar refractivity (Wildman–Crippen MR) is 127 cm³/mol. The van der Waals surface area contributed by atoms with Crippen molar-refractivity contribution in [1.29, 1.82) is 0 Å². The minimum atomic E-state index is -3.68. The zero-order chi connectivity index (χ0) is 25.3. The van der Waals surface area contributed by atoms with Gasteiger partial charge in [-0.25, -0.2) is 12.7 Å². The zero-order valence-corrected chi connectivity index (χ0v) is 20.6. The van der Waals surface area contributed by atoms with Crippen molar-refractivity contribution in [3.8, 4) is 5.75 Å². The zero-order valence-electron chi connectivity index (χ0n) is 19.8. The van der Waals surface area contributed by atoms with Crippen LogP contribution in [0, 0.1) is 6.92 Å². The molecule has 0 bridgehead atoms. The minimum Gasteiger partial charge on any atom is -0.494 e. The molecule has 2 aromatic carbocycles. The molecule has 0 saturated heterocycles. The minimum absolute atomic E-state index is 0.0562. The van der Waals surface area contributed by atoms with E-state index in [4.69, 9.17) is 9.47 Å². The van der Waals surface area contributed by atoms with Crippen molar-refractivity contribution in [3.05, 3.63) is 53.6 Å². The number of nitrogens with zero attached hydrogens (tertiary/aromatic N) is 1. The molecule has 2 rings (SSSR count). The molecule has 0 unspecified atom stereocenters. The Morgan fingerprint density at radius 2 is 1.68 bits per heavy atom. The highest BCUT2D eigenvalue weighted by atomic mass is 32.2. The van der Waals surface area contributed by atoms with Crippen LogP contribution in [0.1, 0.15) is 42.1 Å². The summed E-state index contributed by atoms with van der Waals surface area (Å²) in [6.07, 6.45) is 0.653. The van der Waals surface area contributed by atoms with Crippen LogP contribution in [0.15, 0.2) is 47.4 Å². The number of Topliss-reactive ketones (excluding diaryl/α,β-unsaturated/α-hetero) is 1. The molecule has 9 nitrogen and oxygen atoms in total. The maximum absolute atomic E-state index is 12.4. The second-order valence-corrected chi connectivity index (χ2v) is 9.89. The molecule has 0 saturated carbocycles. The highest BCUT2D eigenvalue weighted by Gasteiger charge is 2.20. The molecule has 0 spiro atoms. The Bertz CT molecular complexity index is 1130. The molecule has 0 aromatic heterocycles. The molecule has 0 heterocycles. The number of anilines is 1. The summed E-state index contributed by atoms with van der Waals surface area (Å²) in [5.41, 5.74) is 1.25. The Balaban J connectivity index is 1.83. The Hall–Kier alpha value is -3.24. The fourth-order valence-electron chi connectivity index (χ4n) is 2.88. The third-order valence-corrected chi connectivity index (χ3v) is 6.76. The fourth-order valence-corrected chi connectivity index (χ4v) is 4.03. The van der Waals surface area contributed by atoms with Crippen molar-refractivity contribution in [2.75, 3.05) is 32.6 Å². The van der Waals surface area contributed by atoms with E-state index in [-0.39, 0.29) is 29.2 Å². The number of ketones is 1. The van der Waals surface area contributed by atoms with Crippen LogP contribution in [0.25, 0.3) is 0 Å². The second kappa shape index (κ2) is 12.3. The first-order valence-electron chi connectivity index (χ1n) is 10.8. The first-order chi connectivity index (χ1) is 16.0. The van der Waals surface area contributed by atoms with Crippen molar-refractivity contribution >= 4 is 33.4 Å². The smallest absolute Gasteiger partial charge is 0.306 e. The van der Waals surface area contributed by atoms with Crippen LogP contribution in [0.2, 0.25) is 0 Å². The van der Waals surface area contributed by atoms with Crippen LogP contribution in [0.4, 0.5) is 5.69 Å². The Kier molecular flexibility index (Phi) is 9.76. The van der Waals surface area contributed by atoms with Crippen molar-refractivity contribution < 1.29 is 32.3 Å². The fraction of sp³-hybridized carbons (Fsp3) is 0.375. The number of carbonyl (C=O) groups is 3. The average molecular weight is 491 g/mol. The van der Waals surface area contributed by atoms with Gasteiger partial charge in [-0.1, -0.05) is 13.0 Å². The van der Waals surface area contributed by atoms with Crippen LogP contribution >= 0.6 is 0 Å². The lowest BCUT2D eigenvalue weighted by molar-refractivity contribution is -0.147. The monoisotopic (exact) mass is 490 g/mol. The summed E-state index contributed by atoms with van der Waals surface area (Å²) in [4.78, 5) is 36.4. The molecule has 0 fully saturated rings. The van der Waals surface area contributed by atoms with Crippen molar-refractivity contribution in [1.82, 2.24) is 4.31 Å². The molecule has 0 aliphatic rings. The number of rotatable bonds is 12. The number of ether oxygens (including phenoxy) is 2. The van der Waals surface area contributed by atoms with E-state index >= 15 is 0 Å². The molecule has 10 heteroatoms. The third kappa shape index (κ3) is 7.67. The summed E-state index contributed by atoms with van der Waals surface area (Å²) in [5, 5.41) is 2.51. The van der Waals surface area contributed by atoms with Crippen LogP contribution in [-0.4, -0.2) is 57.7 Å². The average Bonchev–Trinajstić information content (AvgIpc) is 2.81. The van der Waals surface area contributed by atoms with E-state index in [1.54, 1.807) is 43.3 Å². The van der Waals surface area contributed by atoms with Crippen LogP contribution in [0.3, 0.4) is 0 Å². The van der Waals surface area contributed by atoms with Gasteiger partial charge in [-0.2, -0.15) is 0 Å². The molecule has 1 N–H and O–H groups in total. The summed E-state index contributed by atoms with van der Waals surface area (Å²) in [7, 11) is -0.843. The Morgan fingerprint density at radius 1 is 1.00 bits per heavy atom. The predicted octanol–water partition coefficient (Wildman–Crippen LogP) is 3.18. The van der Waals surface area contributed by atoms with E-state index in [2.05, 4.69) is 5.32 Å². The lowest BCUT2D eigenvalue weighted by atomic mass is 10.1. The standard InChI is InChI=1S/C24H30N2O7S/c1-5-14-32-20-10-7-18(8-11-20)21(27)12-13-24(29)33-16-23(28)25-19-9-6-17(2)22(15-19)34(30,31)26(3)4/h6-11,15H,5,12-14,16H2,1-4H3,(H,25,28). The lowest BCUT2D eigenvalue weighted by Gasteiger charge is -2.15. The molecular weight excluding hydrogens is 460 g/mol. The molecule has 1 amide bonds. The van der Waals surface area contributed by atoms with Gasteiger partial charge in [0.2, 0.25) is 10.0 Å². The van der Waals surface area contributed by atoms with Gasteiger partial charge in [0.15, 0.2) is 12.4 Å². The van der Waals surface area contributed by atoms with Gasteiger partial charge in [-0.15, -0.1) is 0 Å². The van der Waals surface area contributed by atoms with Crippen molar-refractivity contribution in [2.45, 2.75) is 38.0 Å². The molecule has 0 radical (unpaired) electrons. The van der Waals surface area contributed by atoms with Crippen molar-refractivity contribution in [2.24, 2.45) is 0 Å². The maximum Gasteiger partial charge on any atom is 0.306 e. The van der Waals surface area contributed by atoms with E-state index in [0.29, 0.717) is 23.5 Å². The van der Waals surface area contributed by atoms with E-state index < -0.39 is 28.5 Å². The van der Waals surface area contributed by atoms with Gasteiger partial charge in [-0.3, -0.25) is 14.4 Å². The van der Waals surface area contributed by atoms with Crippen LogP contribution < -0.4 is 10.1 Å². The lowest BCUT2D eigenvalue weighted by Crippen LogP contribution is -2.24. The van der Waals surface area contributed by atoms with E-state index in [0.717, 1.165) is 10.7 Å². The summed E-state index contributed by atoms with van der Waals surface area (Å²) < 4.78 is 36.3. The van der Waals surface area contributed by atoms with E-state index in [9.17, 15) is 22.8 Å². The molecule has 34 heavy (non-hydrogen) atoms. The number of amides is 1. The molecular formula is C24H30N2O7S. The molecule has 0 aliphatic carbocycles. The van der Waals surface area contributed by atoms with Crippen molar-refractivity contribution in [3.63, 3.8) is 0 Å². The molecule has 0 atom stereocenters. The largest absolute Gasteiger partial charge is 0.494 e. The molecule has 0 aliphatic heterocycles. The number of hydrogen-bond donors (Lipinski definition) is 1. The van der Waals surface area contributed by atoms with Gasteiger partial charge >= 0.3 is 5.97 Å². The number of esters is 1. The van der Waals surface area contributed by atoms with Gasteiger partial charge < -0.3 is 14.8 Å². The third-order valence-electron chi connectivity index (χ3n) is 4.80. The number of aryl methyl sites for hydroxylation is 1. The van der Waals surface area contributed by atoms with Gasteiger partial charge in [0.05, 0.1) is 17.9 Å². The van der Waals surface area contributed by atoms with Gasteiger partial charge in [-0.05, 0) is 55.3 Å². The van der Waals surface area contributed by atoms with Gasteiger partial charge in [0, 0.05) is 31.8 Å². The highest BCUT2D eigenvalue weighted by Crippen LogP contribution is 2.22. The van der Waals surface area contributed by atoms with Crippen LogP contribution in [-0.2, 0) is 24.3 Å². The van der Waals surface area contributed by atoms with Gasteiger partial charge in [0.1, 0.15) is 5.75 Å². The number of nitrogens with one attached hydrogen (secondary N) is 1. The summed E-state index contributed by atoms with van der Waals surface area (Å²) in [6.45, 7) is 3.69. The van der Waals surface area contributed by atoms with E-state index in [1.165, 1.54) is 20.2 Å². The normalized spacial score (nSPS) is 11.2. The topological polar surface area (TPSA) is 119 Å². The SMILES string of the molecule is CCCOc1ccc(C(=O)CCC(=O)OCC(=O)Nc2ccc(C)c(S(=O)(=O)N(C)C)c2)cc1. The Morgan fingerprint density at radius 3 is 2.29 bits per heavy atom. The number of benzene rings is 2. The number of sulfonamides is 1. The molecule has 184 valence electrons. The second-order valence-electron chi connectivity index (χ2n) is 7.77. The molecule has 2 aromatic rings. The van der Waals surface area contributed by atoms with E-state index in [1.807, 2.05) is 6.92 Å². The summed E-state index contributed by atoms with van der Waals surface area (Å²) in [6, 6.07) is 11.2. The van der Waals surface area contributed by atoms with Gasteiger partial charge in [0.25, 0.3) is 5.91 Å². The summed E-state index contributed by atoms with van der Waals surface area (Å²) >= 11 is 0. The summed E-state index contributed by atoms with van der Waals surface area (Å²) in [5.74, 6) is -0.868. The first-order valence-corrected chi connectivity index (χ1v) is 12.2. The highest BCUT2D eigenvalue weighted by molar-refractivity contribution is 7.89. The van der Waals surface area contributed by atoms with Crippen LogP contribution in [0.5, 0.6) is 5.75 Å². The maximum atomic E-state index is 12.4. The first kappa shape index (κ1) is 27.0. The Labute approximate surface area is 200 Å².